The van der Waals surface area contributed by atoms with E-state index in [1.54, 1.807) is 6.08 Å². The third kappa shape index (κ3) is 5.00. The fourth-order valence-electron chi connectivity index (χ4n) is 3.64. The summed E-state index contributed by atoms with van der Waals surface area (Å²) in [7, 11) is 2.08. The molecule has 28 heavy (non-hydrogen) atoms. The fourth-order valence-corrected chi connectivity index (χ4v) is 3.64. The summed E-state index contributed by atoms with van der Waals surface area (Å²) < 4.78 is 0. The molecule has 1 fully saturated rings. The predicted octanol–water partition coefficient (Wildman–Crippen LogP) is 2.85. The Kier molecular flexibility index (Phi) is 6.85. The number of nitrogens with zero attached hydrogens (tertiary/aromatic N) is 2. The van der Waals surface area contributed by atoms with Gasteiger partial charge >= 0.3 is 0 Å². The van der Waals surface area contributed by atoms with Crippen LogP contribution in [0.3, 0.4) is 0 Å². The summed E-state index contributed by atoms with van der Waals surface area (Å²) in [6, 6.07) is 18.3. The van der Waals surface area contributed by atoms with Crippen LogP contribution in [0.15, 0.2) is 67.3 Å². The largest absolute Gasteiger partial charge is 0.392 e. The second-order valence-electron chi connectivity index (χ2n) is 7.29. The Morgan fingerprint density at radius 3 is 2.61 bits per heavy atom. The van der Waals surface area contributed by atoms with Gasteiger partial charge in [-0.1, -0.05) is 36.4 Å². The first-order valence-electron chi connectivity index (χ1n) is 9.76. The average Bonchev–Trinajstić information content (AvgIpc) is 3.15. The number of hydrogen-bond donors (Lipinski definition) is 2. The van der Waals surface area contributed by atoms with Crippen molar-refractivity contribution in [3.05, 3.63) is 78.4 Å². The molecule has 0 saturated carbocycles. The lowest BCUT2D eigenvalue weighted by molar-refractivity contribution is 0.0958. The van der Waals surface area contributed by atoms with Gasteiger partial charge in [-0.15, -0.1) is 6.58 Å². The number of anilines is 1. The number of benzene rings is 2. The van der Waals surface area contributed by atoms with Gasteiger partial charge in [0.25, 0.3) is 5.91 Å². The first kappa shape index (κ1) is 20.1. The van der Waals surface area contributed by atoms with Crippen LogP contribution in [-0.4, -0.2) is 55.2 Å². The number of aliphatic hydroxyl groups is 1. The molecule has 0 spiro atoms. The van der Waals surface area contributed by atoms with Gasteiger partial charge in [-0.05, 0) is 36.2 Å². The van der Waals surface area contributed by atoms with E-state index >= 15 is 0 Å². The van der Waals surface area contributed by atoms with Crippen molar-refractivity contribution in [2.75, 3.05) is 38.1 Å². The zero-order chi connectivity index (χ0) is 19.9. The van der Waals surface area contributed by atoms with Crippen molar-refractivity contribution in [3.63, 3.8) is 0 Å². The van der Waals surface area contributed by atoms with E-state index in [9.17, 15) is 9.90 Å². The van der Waals surface area contributed by atoms with Crippen LogP contribution in [0.1, 0.15) is 28.4 Å². The van der Waals surface area contributed by atoms with Gasteiger partial charge in [0, 0.05) is 44.5 Å². The highest BCUT2D eigenvalue weighted by atomic mass is 16.3. The molecule has 2 aromatic carbocycles. The molecular weight excluding hydrogens is 350 g/mol. The van der Waals surface area contributed by atoms with Gasteiger partial charge in [-0.2, -0.15) is 0 Å². The van der Waals surface area contributed by atoms with Gasteiger partial charge in [-0.25, -0.2) is 0 Å². The van der Waals surface area contributed by atoms with Crippen molar-refractivity contribution in [3.8, 4) is 0 Å². The fraction of sp³-hybridized carbons (Fsp3) is 0.348. The number of likely N-dealkylation sites (tertiary alicyclic amines) is 1. The molecule has 2 N–H and O–H groups in total. The summed E-state index contributed by atoms with van der Waals surface area (Å²) in [5.74, 6) is -0.0974. The summed E-state index contributed by atoms with van der Waals surface area (Å²) in [5.41, 5.74) is 2.92. The number of carbonyl (C=O) groups excluding carboxylic acids is 1. The highest BCUT2D eigenvalue weighted by Crippen LogP contribution is 2.28. The van der Waals surface area contributed by atoms with E-state index in [0.717, 1.165) is 31.7 Å². The van der Waals surface area contributed by atoms with Crippen molar-refractivity contribution in [2.45, 2.75) is 18.6 Å². The van der Waals surface area contributed by atoms with Crippen molar-refractivity contribution in [1.29, 1.82) is 0 Å². The van der Waals surface area contributed by atoms with Crippen LogP contribution >= 0.6 is 0 Å². The van der Waals surface area contributed by atoms with E-state index in [0.29, 0.717) is 12.1 Å². The van der Waals surface area contributed by atoms with E-state index in [1.807, 2.05) is 30.3 Å². The van der Waals surface area contributed by atoms with Gasteiger partial charge in [0.05, 0.1) is 12.1 Å². The van der Waals surface area contributed by atoms with Crippen molar-refractivity contribution < 1.29 is 9.90 Å². The van der Waals surface area contributed by atoms with Gasteiger partial charge in [0.2, 0.25) is 0 Å². The minimum atomic E-state index is -0.227. The summed E-state index contributed by atoms with van der Waals surface area (Å²) in [6.45, 7) is 6.56. The maximum absolute atomic E-state index is 12.1. The molecule has 1 aliphatic rings. The first-order valence-corrected chi connectivity index (χ1v) is 9.76. The van der Waals surface area contributed by atoms with E-state index in [1.165, 1.54) is 5.56 Å². The molecule has 0 bridgehead atoms. The summed E-state index contributed by atoms with van der Waals surface area (Å²) in [5, 5.41) is 12.7. The molecule has 5 heteroatoms. The Bertz CT molecular complexity index is 776. The molecule has 0 aliphatic carbocycles. The monoisotopic (exact) mass is 379 g/mol. The average molecular weight is 380 g/mol. The number of β-amino-alcohol motifs (C(OH)–C–C–N with tert-alkyl or cyclic N) is 1. The van der Waals surface area contributed by atoms with Gasteiger partial charge in [0.15, 0.2) is 0 Å². The quantitative estimate of drug-likeness (QED) is 0.693. The van der Waals surface area contributed by atoms with E-state index in [2.05, 4.69) is 53.0 Å². The lowest BCUT2D eigenvalue weighted by Gasteiger charge is -2.33. The summed E-state index contributed by atoms with van der Waals surface area (Å²) in [6.07, 6.45) is 2.27. The molecule has 2 atom stereocenters. The second-order valence-corrected chi connectivity index (χ2v) is 7.29. The zero-order valence-electron chi connectivity index (χ0n) is 16.4. The predicted molar refractivity (Wildman–Crippen MR) is 114 cm³/mol. The smallest absolute Gasteiger partial charge is 0.251 e. The van der Waals surface area contributed by atoms with E-state index in [4.69, 9.17) is 0 Å². The Morgan fingerprint density at radius 2 is 2.00 bits per heavy atom. The van der Waals surface area contributed by atoms with Crippen molar-refractivity contribution >= 4 is 11.6 Å². The topological polar surface area (TPSA) is 55.8 Å². The molecule has 5 nitrogen and oxygen atoms in total. The van der Waals surface area contributed by atoms with Gasteiger partial charge in [0.1, 0.15) is 0 Å². The number of aliphatic hydroxyl groups excluding tert-OH is 1. The lowest BCUT2D eigenvalue weighted by atomic mass is 10.0. The molecule has 0 aromatic heterocycles. The number of rotatable bonds is 8. The number of amides is 1. The van der Waals surface area contributed by atoms with E-state index < -0.39 is 0 Å². The minimum Gasteiger partial charge on any atom is -0.392 e. The molecule has 0 radical (unpaired) electrons. The Balaban J connectivity index is 1.77. The summed E-state index contributed by atoms with van der Waals surface area (Å²) in [4.78, 5) is 16.7. The van der Waals surface area contributed by atoms with Crippen LogP contribution in [0.2, 0.25) is 0 Å². The Hall–Kier alpha value is -2.63. The van der Waals surface area contributed by atoms with Crippen LogP contribution in [0, 0.1) is 0 Å². The minimum absolute atomic E-state index is 0.0974. The SMILES string of the molecule is C=CCNC(=O)c1ccc(N(C)[C@H](CN2CC[C@H](O)C2)c2ccccc2)cc1. The maximum atomic E-state index is 12.1. The number of carbonyl (C=O) groups is 1. The molecule has 0 unspecified atom stereocenters. The molecular formula is C23H29N3O2. The number of likely N-dealkylation sites (N-methyl/N-ethyl adjacent to an activating group) is 1. The highest BCUT2D eigenvalue weighted by Gasteiger charge is 2.26. The molecule has 2 aromatic rings. The summed E-state index contributed by atoms with van der Waals surface area (Å²) >= 11 is 0. The molecule has 1 heterocycles. The van der Waals surface area contributed by atoms with Gasteiger partial charge in [-0.3, -0.25) is 9.69 Å². The Morgan fingerprint density at radius 1 is 1.29 bits per heavy atom. The molecule has 1 saturated heterocycles. The van der Waals surface area contributed by atoms with Crippen LogP contribution in [0.25, 0.3) is 0 Å². The van der Waals surface area contributed by atoms with Crippen LogP contribution < -0.4 is 10.2 Å². The van der Waals surface area contributed by atoms with Crippen molar-refractivity contribution in [1.82, 2.24) is 10.2 Å². The number of hydrogen-bond acceptors (Lipinski definition) is 4. The first-order chi connectivity index (χ1) is 13.6. The Labute approximate surface area is 167 Å². The zero-order valence-corrected chi connectivity index (χ0v) is 16.4. The molecule has 1 amide bonds. The van der Waals surface area contributed by atoms with Crippen LogP contribution in [0.5, 0.6) is 0 Å². The second kappa shape index (κ2) is 9.53. The highest BCUT2D eigenvalue weighted by molar-refractivity contribution is 5.94. The molecule has 3 rings (SSSR count). The van der Waals surface area contributed by atoms with Crippen molar-refractivity contribution in [2.24, 2.45) is 0 Å². The van der Waals surface area contributed by atoms with Crippen LogP contribution in [-0.2, 0) is 0 Å². The molecule has 1 aliphatic heterocycles. The molecule has 148 valence electrons. The normalized spacial score (nSPS) is 17.9. The van der Waals surface area contributed by atoms with Crippen LogP contribution in [0.4, 0.5) is 5.69 Å². The standard InChI is InChI=1S/C23H29N3O2/c1-3-14-24-23(28)19-9-11-20(12-10-19)25(2)22(18-7-5-4-6-8-18)17-26-15-13-21(27)16-26/h3-12,21-22,27H,1,13-17H2,2H3,(H,24,28)/t21-,22+/m0/s1. The number of nitrogens with one attached hydrogen (secondary N) is 1. The third-order valence-electron chi connectivity index (χ3n) is 5.27. The lowest BCUT2D eigenvalue weighted by Crippen LogP contribution is -2.36. The third-order valence-corrected chi connectivity index (χ3v) is 5.27. The maximum Gasteiger partial charge on any atom is 0.251 e. The van der Waals surface area contributed by atoms with E-state index in [-0.39, 0.29) is 18.1 Å². The van der Waals surface area contributed by atoms with Gasteiger partial charge < -0.3 is 15.3 Å².